The largest absolute Gasteiger partial charge is 0.376 e. The lowest BCUT2D eigenvalue weighted by Crippen LogP contribution is -2.48. The number of carbonyl (C=O) groups excluding carboxylic acids is 1. The van der Waals surface area contributed by atoms with Crippen LogP contribution in [0.3, 0.4) is 0 Å². The maximum absolute atomic E-state index is 12.5. The van der Waals surface area contributed by atoms with E-state index in [4.69, 9.17) is 17.0 Å². The van der Waals surface area contributed by atoms with Crippen molar-refractivity contribution in [2.45, 2.75) is 31.3 Å². The Balaban J connectivity index is 1.52. The molecule has 1 atom stereocenters. The van der Waals surface area contributed by atoms with Crippen LogP contribution >= 0.6 is 12.2 Å². The zero-order valence-electron chi connectivity index (χ0n) is 15.2. The maximum atomic E-state index is 12.5. The van der Waals surface area contributed by atoms with Gasteiger partial charge in [-0.2, -0.15) is 0 Å². The lowest BCUT2D eigenvalue weighted by Gasteiger charge is -2.19. The number of thiocarbonyl (C=S) groups is 1. The predicted molar refractivity (Wildman–Crippen MR) is 110 cm³/mol. The molecule has 1 aliphatic heterocycles. The van der Waals surface area contributed by atoms with Gasteiger partial charge in [0.2, 0.25) is 5.91 Å². The summed E-state index contributed by atoms with van der Waals surface area (Å²) in [5, 5.41) is 3.48. The van der Waals surface area contributed by atoms with Gasteiger partial charge >= 0.3 is 0 Å². The molecule has 2 aromatic rings. The van der Waals surface area contributed by atoms with Crippen LogP contribution < -0.4 is 16.2 Å². The standard InChI is InChI=1S/C21H25N3O2S/c25-20(23-24-21(27)22-15-18-12-7-13-26-18)14-19(16-8-3-1-4-9-16)17-10-5-2-6-11-17/h1-6,8-11,18-19H,7,12-15H2,(H,23,25)(H2,22,24,27)/t18-/m0/s1. The van der Waals surface area contributed by atoms with E-state index in [9.17, 15) is 4.79 Å². The molecular weight excluding hydrogens is 358 g/mol. The Morgan fingerprint density at radius 2 is 1.67 bits per heavy atom. The number of rotatable bonds is 6. The van der Waals surface area contributed by atoms with Crippen molar-refractivity contribution in [1.82, 2.24) is 16.2 Å². The second-order valence-electron chi connectivity index (χ2n) is 6.60. The number of ether oxygens (including phenoxy) is 1. The minimum Gasteiger partial charge on any atom is -0.376 e. The summed E-state index contributed by atoms with van der Waals surface area (Å²) in [6.45, 7) is 1.46. The van der Waals surface area contributed by atoms with E-state index in [1.807, 2.05) is 60.7 Å². The van der Waals surface area contributed by atoms with Crippen molar-refractivity contribution < 1.29 is 9.53 Å². The first-order valence-electron chi connectivity index (χ1n) is 9.26. The Morgan fingerprint density at radius 1 is 1.04 bits per heavy atom. The Bertz CT molecular complexity index is 694. The maximum Gasteiger partial charge on any atom is 0.239 e. The first kappa shape index (κ1) is 19.3. The summed E-state index contributed by atoms with van der Waals surface area (Å²) in [5.41, 5.74) is 7.69. The molecule has 0 radical (unpaired) electrons. The van der Waals surface area contributed by atoms with Gasteiger partial charge in [0.25, 0.3) is 0 Å². The highest BCUT2D eigenvalue weighted by Gasteiger charge is 2.18. The van der Waals surface area contributed by atoms with E-state index < -0.39 is 0 Å². The van der Waals surface area contributed by atoms with E-state index in [1.54, 1.807) is 0 Å². The van der Waals surface area contributed by atoms with Crippen molar-refractivity contribution >= 4 is 23.2 Å². The number of carbonyl (C=O) groups is 1. The Labute approximate surface area is 165 Å². The second kappa shape index (κ2) is 10.0. The van der Waals surface area contributed by atoms with Crippen molar-refractivity contribution in [2.75, 3.05) is 13.2 Å². The quantitative estimate of drug-likeness (QED) is 0.529. The molecule has 1 fully saturated rings. The first-order valence-corrected chi connectivity index (χ1v) is 9.67. The summed E-state index contributed by atoms with van der Waals surface area (Å²) >= 11 is 5.22. The van der Waals surface area contributed by atoms with Gasteiger partial charge in [-0.05, 0) is 36.2 Å². The number of hydrogen-bond donors (Lipinski definition) is 3. The molecule has 3 rings (SSSR count). The van der Waals surface area contributed by atoms with Crippen LogP contribution in [0.1, 0.15) is 36.3 Å². The van der Waals surface area contributed by atoms with Gasteiger partial charge < -0.3 is 10.1 Å². The molecule has 142 valence electrons. The van der Waals surface area contributed by atoms with Gasteiger partial charge in [-0.25, -0.2) is 0 Å². The number of benzene rings is 2. The Morgan fingerprint density at radius 3 is 2.22 bits per heavy atom. The fourth-order valence-electron chi connectivity index (χ4n) is 3.22. The Kier molecular flexibility index (Phi) is 7.19. The van der Waals surface area contributed by atoms with Gasteiger partial charge in [0.15, 0.2) is 5.11 Å². The smallest absolute Gasteiger partial charge is 0.239 e. The number of hydrazine groups is 1. The molecule has 0 saturated carbocycles. The van der Waals surface area contributed by atoms with E-state index in [0.717, 1.165) is 30.6 Å². The highest BCUT2D eigenvalue weighted by atomic mass is 32.1. The third-order valence-electron chi connectivity index (χ3n) is 4.62. The molecule has 0 unspecified atom stereocenters. The first-order chi connectivity index (χ1) is 13.2. The fourth-order valence-corrected chi connectivity index (χ4v) is 3.35. The zero-order valence-corrected chi connectivity index (χ0v) is 16.0. The minimum absolute atomic E-state index is 0.0115. The van der Waals surface area contributed by atoms with Crippen LogP contribution in [0.15, 0.2) is 60.7 Å². The minimum atomic E-state index is -0.117. The molecule has 2 aromatic carbocycles. The molecule has 27 heavy (non-hydrogen) atoms. The summed E-state index contributed by atoms with van der Waals surface area (Å²) < 4.78 is 5.54. The molecular formula is C21H25N3O2S. The van der Waals surface area contributed by atoms with Gasteiger partial charge in [0.05, 0.1) is 6.10 Å². The van der Waals surface area contributed by atoms with Crippen LogP contribution in [0, 0.1) is 0 Å². The summed E-state index contributed by atoms with van der Waals surface area (Å²) in [4.78, 5) is 12.5. The molecule has 0 aromatic heterocycles. The molecule has 6 heteroatoms. The molecule has 1 amide bonds. The highest BCUT2D eigenvalue weighted by Crippen LogP contribution is 2.27. The van der Waals surface area contributed by atoms with Gasteiger partial charge in [-0.1, -0.05) is 60.7 Å². The number of amides is 1. The van der Waals surface area contributed by atoms with Crippen molar-refractivity contribution in [1.29, 1.82) is 0 Å². The van der Waals surface area contributed by atoms with Crippen molar-refractivity contribution in [3.63, 3.8) is 0 Å². The molecule has 3 N–H and O–H groups in total. The van der Waals surface area contributed by atoms with Gasteiger partial charge in [-0.3, -0.25) is 15.6 Å². The average molecular weight is 384 g/mol. The third-order valence-corrected chi connectivity index (χ3v) is 4.87. The summed E-state index contributed by atoms with van der Waals surface area (Å²) in [5.74, 6) is -0.128. The predicted octanol–water partition coefficient (Wildman–Crippen LogP) is 2.88. The summed E-state index contributed by atoms with van der Waals surface area (Å²) in [6, 6.07) is 20.1. The zero-order chi connectivity index (χ0) is 18.9. The monoisotopic (exact) mass is 383 g/mol. The van der Waals surface area contributed by atoms with Crippen LogP contribution in [0.2, 0.25) is 0 Å². The Hall–Kier alpha value is -2.44. The molecule has 5 nitrogen and oxygen atoms in total. The summed E-state index contributed by atoms with van der Waals surface area (Å²) in [6.07, 6.45) is 2.65. The lowest BCUT2D eigenvalue weighted by molar-refractivity contribution is -0.121. The van der Waals surface area contributed by atoms with Crippen LogP contribution in [-0.4, -0.2) is 30.3 Å². The molecule has 0 aliphatic carbocycles. The van der Waals surface area contributed by atoms with Crippen LogP contribution in [0.25, 0.3) is 0 Å². The van der Waals surface area contributed by atoms with E-state index in [1.165, 1.54) is 0 Å². The molecule has 0 spiro atoms. The third kappa shape index (κ3) is 6.05. The molecule has 1 heterocycles. The van der Waals surface area contributed by atoms with E-state index >= 15 is 0 Å². The highest BCUT2D eigenvalue weighted by molar-refractivity contribution is 7.80. The molecule has 0 bridgehead atoms. The molecule has 1 aliphatic rings. The van der Waals surface area contributed by atoms with Gasteiger partial charge in [0.1, 0.15) is 0 Å². The van der Waals surface area contributed by atoms with Crippen molar-refractivity contribution in [2.24, 2.45) is 0 Å². The lowest BCUT2D eigenvalue weighted by atomic mass is 9.88. The van der Waals surface area contributed by atoms with E-state index in [0.29, 0.717) is 18.1 Å². The normalized spacial score (nSPS) is 16.1. The van der Waals surface area contributed by atoms with Crippen LogP contribution in [0.4, 0.5) is 0 Å². The fraction of sp³-hybridized carbons (Fsp3) is 0.333. The van der Waals surface area contributed by atoms with E-state index in [2.05, 4.69) is 16.2 Å². The van der Waals surface area contributed by atoms with Crippen LogP contribution in [-0.2, 0) is 9.53 Å². The van der Waals surface area contributed by atoms with Gasteiger partial charge in [-0.15, -0.1) is 0 Å². The number of nitrogens with one attached hydrogen (secondary N) is 3. The van der Waals surface area contributed by atoms with Crippen molar-refractivity contribution in [3.05, 3.63) is 71.8 Å². The van der Waals surface area contributed by atoms with Crippen molar-refractivity contribution in [3.8, 4) is 0 Å². The van der Waals surface area contributed by atoms with E-state index in [-0.39, 0.29) is 17.9 Å². The number of hydrogen-bond acceptors (Lipinski definition) is 3. The van der Waals surface area contributed by atoms with Crippen LogP contribution in [0.5, 0.6) is 0 Å². The second-order valence-corrected chi connectivity index (χ2v) is 7.00. The average Bonchev–Trinajstić information content (AvgIpc) is 3.24. The molecule has 1 saturated heterocycles. The van der Waals surface area contributed by atoms with Gasteiger partial charge in [0, 0.05) is 25.5 Å². The topological polar surface area (TPSA) is 62.4 Å². The summed E-state index contributed by atoms with van der Waals surface area (Å²) in [7, 11) is 0. The SMILES string of the molecule is O=C(CC(c1ccccc1)c1ccccc1)NNC(=S)NC[C@@H]1CCCO1.